The molecule has 23 heavy (non-hydrogen) atoms. The molecule has 0 unspecified atom stereocenters. The van der Waals surface area contributed by atoms with Gasteiger partial charge in [-0.3, -0.25) is 4.79 Å². The smallest absolute Gasteiger partial charge is 0.189 e. The second-order valence-electron chi connectivity index (χ2n) is 5.65. The van der Waals surface area contributed by atoms with Gasteiger partial charge in [-0.15, -0.1) is 0 Å². The van der Waals surface area contributed by atoms with Gasteiger partial charge in [-0.25, -0.2) is 4.98 Å². The molecule has 118 valence electrons. The van der Waals surface area contributed by atoms with Gasteiger partial charge in [-0.05, 0) is 31.4 Å². The molecule has 0 spiro atoms. The zero-order valence-corrected chi connectivity index (χ0v) is 13.1. The Hall–Kier alpha value is -2.62. The fraction of sp³-hybridized carbons (Fsp3) is 0.263. The highest BCUT2D eigenvalue weighted by Gasteiger charge is 2.15. The zero-order valence-electron chi connectivity index (χ0n) is 13.1. The van der Waals surface area contributed by atoms with Gasteiger partial charge in [0.05, 0.1) is 0 Å². The lowest BCUT2D eigenvalue weighted by molar-refractivity contribution is 0.104. The topological polar surface area (TPSA) is 45.2 Å². The summed E-state index contributed by atoms with van der Waals surface area (Å²) < 4.78 is 0. The van der Waals surface area contributed by atoms with E-state index < -0.39 is 0 Å². The first-order valence-electron chi connectivity index (χ1n) is 8.07. The molecule has 1 aromatic heterocycles. The van der Waals surface area contributed by atoms with E-state index in [1.807, 2.05) is 48.5 Å². The number of nitrogens with one attached hydrogen (secondary N) is 1. The Morgan fingerprint density at radius 1 is 1.00 bits per heavy atom. The summed E-state index contributed by atoms with van der Waals surface area (Å²) in [6.45, 7) is 1.93. The van der Waals surface area contributed by atoms with Crippen molar-refractivity contribution in [2.75, 3.05) is 18.4 Å². The van der Waals surface area contributed by atoms with Crippen molar-refractivity contribution in [3.8, 4) is 0 Å². The predicted octanol–water partition coefficient (Wildman–Crippen LogP) is 3.70. The molecule has 0 radical (unpaired) electrons. The van der Waals surface area contributed by atoms with Gasteiger partial charge in [0, 0.05) is 30.9 Å². The van der Waals surface area contributed by atoms with E-state index in [1.165, 1.54) is 6.42 Å². The van der Waals surface area contributed by atoms with E-state index in [0.717, 1.165) is 37.6 Å². The highest BCUT2D eigenvalue weighted by atomic mass is 16.1. The molecule has 3 rings (SSSR count). The SMILES string of the molecule is O=C(/C=C(/Nc1ccccn1)N1CCCCC1)c1ccccc1. The molecule has 2 aromatic rings. The number of aromatic nitrogens is 1. The summed E-state index contributed by atoms with van der Waals surface area (Å²) in [6, 6.07) is 15.1. The maximum Gasteiger partial charge on any atom is 0.189 e. The molecule has 4 heteroatoms. The summed E-state index contributed by atoms with van der Waals surface area (Å²) in [4.78, 5) is 19.1. The quantitative estimate of drug-likeness (QED) is 0.676. The summed E-state index contributed by atoms with van der Waals surface area (Å²) in [5.41, 5.74) is 0.699. The molecule has 0 saturated carbocycles. The molecule has 1 aliphatic rings. The van der Waals surface area contributed by atoms with Gasteiger partial charge in [0.1, 0.15) is 11.6 Å². The van der Waals surface area contributed by atoms with Crippen LogP contribution in [0.15, 0.2) is 66.6 Å². The Morgan fingerprint density at radius 3 is 2.43 bits per heavy atom. The normalized spacial score (nSPS) is 15.3. The molecule has 1 fully saturated rings. The fourth-order valence-corrected chi connectivity index (χ4v) is 2.72. The number of pyridine rings is 1. The lowest BCUT2D eigenvalue weighted by Gasteiger charge is -2.31. The Morgan fingerprint density at radius 2 is 1.74 bits per heavy atom. The van der Waals surface area contributed by atoms with Crippen LogP contribution < -0.4 is 5.32 Å². The lowest BCUT2D eigenvalue weighted by Crippen LogP contribution is -2.33. The van der Waals surface area contributed by atoms with E-state index in [1.54, 1.807) is 12.3 Å². The number of likely N-dealkylation sites (tertiary alicyclic amines) is 1. The van der Waals surface area contributed by atoms with Crippen LogP contribution in [-0.4, -0.2) is 28.8 Å². The summed E-state index contributed by atoms with van der Waals surface area (Å²) in [5, 5.41) is 3.30. The zero-order chi connectivity index (χ0) is 15.9. The number of nitrogens with zero attached hydrogens (tertiary/aromatic N) is 2. The summed E-state index contributed by atoms with van der Waals surface area (Å²) in [6.07, 6.45) is 6.99. The van der Waals surface area contributed by atoms with Crippen molar-refractivity contribution < 1.29 is 4.79 Å². The van der Waals surface area contributed by atoms with Crippen molar-refractivity contribution >= 4 is 11.6 Å². The van der Waals surface area contributed by atoms with Crippen LogP contribution >= 0.6 is 0 Å². The molecule has 1 N–H and O–H groups in total. The predicted molar refractivity (Wildman–Crippen MR) is 92.1 cm³/mol. The molecule has 1 aliphatic heterocycles. The standard InChI is InChI=1S/C19H21N3O/c23-17(16-9-3-1-4-10-16)15-19(22-13-7-2-8-14-22)21-18-11-5-6-12-20-18/h1,3-6,9-12,15H,2,7-8,13-14H2,(H,20,21)/b19-15-. The first-order valence-corrected chi connectivity index (χ1v) is 8.07. The molecule has 0 aliphatic carbocycles. The average Bonchev–Trinajstić information content (AvgIpc) is 2.63. The van der Waals surface area contributed by atoms with Crippen LogP contribution in [0.4, 0.5) is 5.82 Å². The molecule has 1 saturated heterocycles. The van der Waals surface area contributed by atoms with Gasteiger partial charge < -0.3 is 10.2 Å². The molecule has 2 heterocycles. The number of ketones is 1. The number of carbonyl (C=O) groups is 1. The molecule has 4 nitrogen and oxygen atoms in total. The highest BCUT2D eigenvalue weighted by Crippen LogP contribution is 2.17. The molecular weight excluding hydrogens is 286 g/mol. The van der Waals surface area contributed by atoms with Gasteiger partial charge in [0.15, 0.2) is 5.78 Å². The van der Waals surface area contributed by atoms with Crippen molar-refractivity contribution in [3.63, 3.8) is 0 Å². The Labute approximate surface area is 136 Å². The largest absolute Gasteiger partial charge is 0.358 e. The minimum absolute atomic E-state index is 0.00889. The number of carbonyl (C=O) groups excluding carboxylic acids is 1. The summed E-state index contributed by atoms with van der Waals surface area (Å²) in [7, 11) is 0. The number of hydrogen-bond donors (Lipinski definition) is 1. The number of benzene rings is 1. The van der Waals surface area contributed by atoms with Gasteiger partial charge in [0.25, 0.3) is 0 Å². The molecular formula is C19H21N3O. The third-order valence-electron chi connectivity index (χ3n) is 3.94. The Bertz CT molecular complexity index is 662. The van der Waals surface area contributed by atoms with Crippen molar-refractivity contribution in [1.29, 1.82) is 0 Å². The van der Waals surface area contributed by atoms with E-state index in [2.05, 4.69) is 15.2 Å². The number of rotatable bonds is 5. The van der Waals surface area contributed by atoms with Gasteiger partial charge in [0.2, 0.25) is 0 Å². The molecule has 0 atom stereocenters. The number of anilines is 1. The van der Waals surface area contributed by atoms with Crippen LogP contribution in [0, 0.1) is 0 Å². The van der Waals surface area contributed by atoms with Crippen LogP contribution in [0.25, 0.3) is 0 Å². The van der Waals surface area contributed by atoms with Crippen molar-refractivity contribution in [2.45, 2.75) is 19.3 Å². The van der Waals surface area contributed by atoms with Crippen LogP contribution in [0.2, 0.25) is 0 Å². The van der Waals surface area contributed by atoms with Crippen molar-refractivity contribution in [2.24, 2.45) is 0 Å². The first-order chi connectivity index (χ1) is 11.3. The van der Waals surface area contributed by atoms with Gasteiger partial charge >= 0.3 is 0 Å². The van der Waals surface area contributed by atoms with Crippen molar-refractivity contribution in [1.82, 2.24) is 9.88 Å². The monoisotopic (exact) mass is 307 g/mol. The molecule has 0 bridgehead atoms. The van der Waals surface area contributed by atoms with Gasteiger partial charge in [-0.2, -0.15) is 0 Å². The second-order valence-corrected chi connectivity index (χ2v) is 5.65. The molecule has 0 amide bonds. The summed E-state index contributed by atoms with van der Waals surface area (Å²) in [5.74, 6) is 1.59. The maximum atomic E-state index is 12.5. The maximum absolute atomic E-state index is 12.5. The third kappa shape index (κ3) is 4.19. The number of allylic oxidation sites excluding steroid dienone is 1. The number of hydrogen-bond acceptors (Lipinski definition) is 4. The van der Waals surface area contributed by atoms with E-state index in [9.17, 15) is 4.79 Å². The number of piperidine rings is 1. The van der Waals surface area contributed by atoms with Crippen LogP contribution in [0.3, 0.4) is 0 Å². The lowest BCUT2D eigenvalue weighted by atomic mass is 10.1. The van der Waals surface area contributed by atoms with Crippen LogP contribution in [-0.2, 0) is 0 Å². The van der Waals surface area contributed by atoms with E-state index in [-0.39, 0.29) is 5.78 Å². The van der Waals surface area contributed by atoms with E-state index >= 15 is 0 Å². The van der Waals surface area contributed by atoms with E-state index in [4.69, 9.17) is 0 Å². The Balaban J connectivity index is 1.84. The minimum atomic E-state index is 0.00889. The van der Waals surface area contributed by atoms with Crippen LogP contribution in [0.5, 0.6) is 0 Å². The Kier molecular flexibility index (Phi) is 5.04. The third-order valence-corrected chi connectivity index (χ3v) is 3.94. The van der Waals surface area contributed by atoms with E-state index in [0.29, 0.717) is 5.56 Å². The fourth-order valence-electron chi connectivity index (χ4n) is 2.72. The average molecular weight is 307 g/mol. The van der Waals surface area contributed by atoms with Gasteiger partial charge in [-0.1, -0.05) is 36.4 Å². The summed E-state index contributed by atoms with van der Waals surface area (Å²) >= 11 is 0. The molecule has 1 aromatic carbocycles. The second kappa shape index (κ2) is 7.58. The first kappa shape index (κ1) is 15.3. The highest BCUT2D eigenvalue weighted by molar-refractivity contribution is 6.05. The minimum Gasteiger partial charge on any atom is -0.358 e. The van der Waals surface area contributed by atoms with Crippen molar-refractivity contribution in [3.05, 3.63) is 72.2 Å². The van der Waals surface area contributed by atoms with Crippen LogP contribution in [0.1, 0.15) is 29.6 Å².